The van der Waals surface area contributed by atoms with Crippen LogP contribution in [-0.2, 0) is 16.2 Å². The zero-order valence-corrected chi connectivity index (χ0v) is 16.4. The Balaban J connectivity index is 1.55. The summed E-state index contributed by atoms with van der Waals surface area (Å²) in [7, 11) is 0. The molecular weight excluding hydrogens is 359 g/mol. The number of benzene rings is 2. The van der Waals surface area contributed by atoms with E-state index in [1.165, 1.54) is 6.07 Å². The second-order valence-corrected chi connectivity index (χ2v) is 7.97. The van der Waals surface area contributed by atoms with Crippen LogP contribution >= 0.6 is 0 Å². The van der Waals surface area contributed by atoms with E-state index in [1.807, 2.05) is 20.8 Å². The normalized spacial score (nSPS) is 16.9. The summed E-state index contributed by atoms with van der Waals surface area (Å²) in [6, 6.07) is 13.4. The van der Waals surface area contributed by atoms with Gasteiger partial charge in [-0.1, -0.05) is 18.2 Å². The van der Waals surface area contributed by atoms with Crippen LogP contribution in [0, 0.1) is 11.7 Å². The molecule has 1 N–H and O–H groups in total. The van der Waals surface area contributed by atoms with E-state index in [1.54, 1.807) is 47.4 Å². The number of nitrogens with one attached hydrogen (secondary N) is 1. The van der Waals surface area contributed by atoms with Crippen molar-refractivity contribution < 1.29 is 18.7 Å². The first-order chi connectivity index (χ1) is 13.2. The summed E-state index contributed by atoms with van der Waals surface area (Å²) in [5.74, 6) is -0.244. The van der Waals surface area contributed by atoms with Crippen molar-refractivity contribution >= 4 is 17.5 Å². The Kier molecular flexibility index (Phi) is 5.68. The number of hydrogen-bond donors (Lipinski definition) is 1. The van der Waals surface area contributed by atoms with E-state index in [-0.39, 0.29) is 42.1 Å². The minimum atomic E-state index is -0.358. The van der Waals surface area contributed by atoms with E-state index < -0.39 is 0 Å². The lowest BCUT2D eigenvalue weighted by molar-refractivity contribution is -0.131. The van der Waals surface area contributed by atoms with Crippen molar-refractivity contribution in [3.8, 4) is 5.75 Å². The van der Waals surface area contributed by atoms with Gasteiger partial charge in [0.05, 0.1) is 5.92 Å². The van der Waals surface area contributed by atoms with Crippen molar-refractivity contribution in [3.05, 3.63) is 59.9 Å². The highest BCUT2D eigenvalue weighted by atomic mass is 19.1. The number of carbonyl (C=O) groups excluding carboxylic acids is 2. The SMILES string of the molecule is CC(C)(C)N1C[C@H](C(=O)Nc2ccc(OCc3ccccc3F)cc2)CC1=O. The largest absolute Gasteiger partial charge is 0.489 e. The van der Waals surface area contributed by atoms with Gasteiger partial charge in [-0.2, -0.15) is 0 Å². The van der Waals surface area contributed by atoms with Gasteiger partial charge < -0.3 is 15.0 Å². The molecule has 6 heteroatoms. The number of halogens is 1. The van der Waals surface area contributed by atoms with Gasteiger partial charge in [-0.3, -0.25) is 9.59 Å². The predicted molar refractivity (Wildman–Crippen MR) is 105 cm³/mol. The van der Waals surface area contributed by atoms with Crippen molar-refractivity contribution in [3.63, 3.8) is 0 Å². The minimum absolute atomic E-state index is 0.00421. The van der Waals surface area contributed by atoms with E-state index in [4.69, 9.17) is 4.74 Å². The second kappa shape index (κ2) is 8.00. The smallest absolute Gasteiger partial charge is 0.229 e. The lowest BCUT2D eigenvalue weighted by Crippen LogP contribution is -2.42. The van der Waals surface area contributed by atoms with Crippen LogP contribution in [0.3, 0.4) is 0 Å². The number of hydrogen-bond acceptors (Lipinski definition) is 3. The van der Waals surface area contributed by atoms with Crippen molar-refractivity contribution in [2.45, 2.75) is 39.3 Å². The Bertz CT molecular complexity index is 859. The van der Waals surface area contributed by atoms with Gasteiger partial charge in [0.2, 0.25) is 11.8 Å². The van der Waals surface area contributed by atoms with Gasteiger partial charge in [0, 0.05) is 29.8 Å². The number of amides is 2. The fourth-order valence-electron chi connectivity index (χ4n) is 3.19. The van der Waals surface area contributed by atoms with Crippen molar-refractivity contribution in [1.82, 2.24) is 4.90 Å². The molecule has 1 fully saturated rings. The Morgan fingerprint density at radius 1 is 1.18 bits per heavy atom. The Morgan fingerprint density at radius 3 is 2.46 bits per heavy atom. The molecule has 0 saturated carbocycles. The third kappa shape index (κ3) is 4.68. The molecule has 0 radical (unpaired) electrons. The Hall–Kier alpha value is -2.89. The monoisotopic (exact) mass is 384 g/mol. The first-order valence-electron chi connectivity index (χ1n) is 9.31. The summed E-state index contributed by atoms with van der Waals surface area (Å²) in [4.78, 5) is 26.4. The number of likely N-dealkylation sites (tertiary alicyclic amines) is 1. The number of carbonyl (C=O) groups is 2. The molecule has 1 aliphatic heterocycles. The van der Waals surface area contributed by atoms with Gasteiger partial charge in [-0.25, -0.2) is 4.39 Å². The number of anilines is 1. The lowest BCUT2D eigenvalue weighted by atomic mass is 10.1. The molecule has 3 rings (SSSR count). The summed E-state index contributed by atoms with van der Waals surface area (Å²) in [5.41, 5.74) is 0.822. The van der Waals surface area contributed by atoms with Crippen LogP contribution in [0.4, 0.5) is 10.1 Å². The highest BCUT2D eigenvalue weighted by Crippen LogP contribution is 2.27. The quantitative estimate of drug-likeness (QED) is 0.848. The highest BCUT2D eigenvalue weighted by molar-refractivity contribution is 5.97. The zero-order chi connectivity index (χ0) is 20.3. The van der Waals surface area contributed by atoms with Crippen LogP contribution in [-0.4, -0.2) is 28.8 Å². The highest BCUT2D eigenvalue weighted by Gasteiger charge is 2.39. The molecule has 28 heavy (non-hydrogen) atoms. The molecule has 0 unspecified atom stereocenters. The van der Waals surface area contributed by atoms with E-state index in [2.05, 4.69) is 5.32 Å². The topological polar surface area (TPSA) is 58.6 Å². The summed E-state index contributed by atoms with van der Waals surface area (Å²) >= 11 is 0. The van der Waals surface area contributed by atoms with Crippen LogP contribution in [0.2, 0.25) is 0 Å². The summed E-state index contributed by atoms with van der Waals surface area (Å²) in [6.45, 7) is 6.45. The summed E-state index contributed by atoms with van der Waals surface area (Å²) in [5, 5.41) is 2.85. The van der Waals surface area contributed by atoms with Gasteiger partial charge in [0.15, 0.2) is 0 Å². The molecule has 1 aliphatic rings. The van der Waals surface area contributed by atoms with Crippen molar-refractivity contribution in [2.24, 2.45) is 5.92 Å². The van der Waals surface area contributed by atoms with Crippen molar-refractivity contribution in [2.75, 3.05) is 11.9 Å². The summed E-state index contributed by atoms with van der Waals surface area (Å²) in [6.07, 6.45) is 0.229. The molecule has 1 heterocycles. The average molecular weight is 384 g/mol. The maximum absolute atomic E-state index is 13.6. The third-order valence-electron chi connectivity index (χ3n) is 4.78. The molecule has 0 spiro atoms. The molecule has 2 amide bonds. The van der Waals surface area contributed by atoms with Gasteiger partial charge in [0.1, 0.15) is 18.2 Å². The van der Waals surface area contributed by atoms with Gasteiger partial charge in [0.25, 0.3) is 0 Å². The van der Waals surface area contributed by atoms with Crippen LogP contribution in [0.25, 0.3) is 0 Å². The molecular formula is C22H25FN2O3. The van der Waals surface area contributed by atoms with Gasteiger partial charge in [-0.15, -0.1) is 0 Å². The van der Waals surface area contributed by atoms with Crippen LogP contribution in [0.1, 0.15) is 32.8 Å². The molecule has 0 bridgehead atoms. The van der Waals surface area contributed by atoms with Crippen LogP contribution < -0.4 is 10.1 Å². The predicted octanol–water partition coefficient (Wildman–Crippen LogP) is 3.99. The average Bonchev–Trinajstić information content (AvgIpc) is 3.05. The Labute approximate surface area is 164 Å². The standard InChI is InChI=1S/C22H25FN2O3/c1-22(2,3)25-13-16(12-20(25)26)21(27)24-17-8-10-18(11-9-17)28-14-15-6-4-5-7-19(15)23/h4-11,16H,12-14H2,1-3H3,(H,24,27)/t16-/m1/s1. The van der Waals surface area contributed by atoms with E-state index in [0.29, 0.717) is 23.5 Å². The summed E-state index contributed by atoms with van der Waals surface area (Å²) < 4.78 is 19.2. The lowest BCUT2D eigenvalue weighted by Gasteiger charge is -2.31. The van der Waals surface area contributed by atoms with Crippen LogP contribution in [0.15, 0.2) is 48.5 Å². The fourth-order valence-corrected chi connectivity index (χ4v) is 3.19. The maximum atomic E-state index is 13.6. The molecule has 0 aromatic heterocycles. The fraction of sp³-hybridized carbons (Fsp3) is 0.364. The second-order valence-electron chi connectivity index (χ2n) is 7.97. The van der Waals surface area contributed by atoms with E-state index in [9.17, 15) is 14.0 Å². The molecule has 5 nitrogen and oxygen atoms in total. The minimum Gasteiger partial charge on any atom is -0.489 e. The third-order valence-corrected chi connectivity index (χ3v) is 4.78. The maximum Gasteiger partial charge on any atom is 0.229 e. The van der Waals surface area contributed by atoms with E-state index in [0.717, 1.165) is 0 Å². The molecule has 2 aromatic rings. The first kappa shape index (κ1) is 19.9. The van der Waals surface area contributed by atoms with Gasteiger partial charge >= 0.3 is 0 Å². The molecule has 1 atom stereocenters. The molecule has 1 saturated heterocycles. The zero-order valence-electron chi connectivity index (χ0n) is 16.4. The molecule has 0 aliphatic carbocycles. The van der Waals surface area contributed by atoms with E-state index >= 15 is 0 Å². The van der Waals surface area contributed by atoms with Crippen molar-refractivity contribution in [1.29, 1.82) is 0 Å². The number of rotatable bonds is 5. The Morgan fingerprint density at radius 2 is 1.86 bits per heavy atom. The van der Waals surface area contributed by atoms with Gasteiger partial charge in [-0.05, 0) is 51.1 Å². The first-order valence-corrected chi connectivity index (χ1v) is 9.31. The molecule has 2 aromatic carbocycles. The number of nitrogens with zero attached hydrogens (tertiary/aromatic N) is 1. The number of ether oxygens (including phenoxy) is 1. The molecule has 148 valence electrons. The van der Waals surface area contributed by atoms with Crippen LogP contribution in [0.5, 0.6) is 5.75 Å².